The number of ether oxygens (including phenoxy) is 2. The third kappa shape index (κ3) is 6.09. The van der Waals surface area contributed by atoms with Crippen molar-refractivity contribution in [3.05, 3.63) is 48.2 Å². The van der Waals surface area contributed by atoms with Crippen LogP contribution >= 0.6 is 0 Å². The van der Waals surface area contributed by atoms with E-state index in [2.05, 4.69) is 6.58 Å². The molecule has 130 valence electrons. The summed E-state index contributed by atoms with van der Waals surface area (Å²) >= 11 is 0. The van der Waals surface area contributed by atoms with E-state index in [0.717, 1.165) is 5.56 Å². The van der Waals surface area contributed by atoms with E-state index in [1.165, 1.54) is 6.26 Å². The summed E-state index contributed by atoms with van der Waals surface area (Å²) in [5.74, 6) is -4.35. The van der Waals surface area contributed by atoms with Crippen molar-refractivity contribution in [3.63, 3.8) is 0 Å². The predicted molar refractivity (Wildman–Crippen MR) is 80.7 cm³/mol. The molecule has 0 aromatic heterocycles. The number of hydrogen-bond acceptors (Lipinski definition) is 6. The average molecular weight is 338 g/mol. The van der Waals surface area contributed by atoms with Gasteiger partial charge in [-0.05, 0) is 11.1 Å². The Morgan fingerprint density at radius 1 is 1.04 bits per heavy atom. The van der Waals surface area contributed by atoms with Crippen LogP contribution in [0.25, 0.3) is 0 Å². The van der Waals surface area contributed by atoms with Crippen LogP contribution in [0, 0.1) is 0 Å². The number of aliphatic hydroxyl groups is 1. The lowest BCUT2D eigenvalue weighted by molar-refractivity contribution is -0.172. The number of carbonyl (C=O) groups excluding carboxylic acids is 1. The Hall–Kier alpha value is -2.87. The molecule has 0 bridgehead atoms. The second kappa shape index (κ2) is 8.68. The Morgan fingerprint density at radius 3 is 2.04 bits per heavy atom. The van der Waals surface area contributed by atoms with Crippen molar-refractivity contribution in [2.75, 3.05) is 0 Å². The Bertz CT molecular complexity index is 607. The first-order valence-electron chi connectivity index (χ1n) is 6.90. The quantitative estimate of drug-likeness (QED) is 0.426. The fourth-order valence-corrected chi connectivity index (χ4v) is 1.80. The van der Waals surface area contributed by atoms with Gasteiger partial charge in [-0.25, -0.2) is 4.79 Å². The second-order valence-corrected chi connectivity index (χ2v) is 5.04. The molecule has 8 nitrogen and oxygen atoms in total. The minimum absolute atomic E-state index is 0.135. The Balaban J connectivity index is 2.57. The molecule has 1 aromatic carbocycles. The molecule has 0 amide bonds. The van der Waals surface area contributed by atoms with Gasteiger partial charge >= 0.3 is 17.9 Å². The zero-order valence-corrected chi connectivity index (χ0v) is 12.8. The topological polar surface area (TPSA) is 130 Å². The molecule has 0 fully saturated rings. The first-order chi connectivity index (χ1) is 11.3. The van der Waals surface area contributed by atoms with Gasteiger partial charge in [-0.3, -0.25) is 9.59 Å². The lowest BCUT2D eigenvalue weighted by atomic mass is 9.96. The number of carboxylic acids is 2. The molecule has 0 aliphatic carbocycles. The summed E-state index contributed by atoms with van der Waals surface area (Å²) in [6.45, 7) is 3.64. The molecule has 1 atom stereocenters. The number of benzene rings is 1. The van der Waals surface area contributed by atoms with Crippen molar-refractivity contribution < 1.29 is 39.2 Å². The maximum atomic E-state index is 11.7. The number of carbonyl (C=O) groups is 3. The number of esters is 1. The van der Waals surface area contributed by atoms with Gasteiger partial charge in [0.15, 0.2) is 5.60 Å². The monoisotopic (exact) mass is 338 g/mol. The number of aliphatic carboxylic acids is 2. The van der Waals surface area contributed by atoms with Crippen molar-refractivity contribution in [1.82, 2.24) is 0 Å². The maximum Gasteiger partial charge on any atom is 0.336 e. The lowest BCUT2D eigenvalue weighted by Crippen LogP contribution is -2.43. The average Bonchev–Trinajstić information content (AvgIpc) is 2.51. The van der Waals surface area contributed by atoms with Crippen LogP contribution in [0.5, 0.6) is 0 Å². The van der Waals surface area contributed by atoms with E-state index in [1.54, 1.807) is 24.3 Å². The van der Waals surface area contributed by atoms with E-state index < -0.39 is 36.4 Å². The normalized spacial score (nSPS) is 12.7. The van der Waals surface area contributed by atoms with Crippen LogP contribution in [0.2, 0.25) is 0 Å². The third-order valence-corrected chi connectivity index (χ3v) is 3.07. The smallest absolute Gasteiger partial charge is 0.336 e. The van der Waals surface area contributed by atoms with Crippen LogP contribution in [0.1, 0.15) is 24.0 Å². The molecule has 0 aliphatic heterocycles. The highest BCUT2D eigenvalue weighted by molar-refractivity contribution is 5.88. The molecule has 0 saturated heterocycles. The van der Waals surface area contributed by atoms with E-state index in [-0.39, 0.29) is 6.61 Å². The van der Waals surface area contributed by atoms with Gasteiger partial charge in [0.25, 0.3) is 0 Å². The number of hydrogen-bond donors (Lipinski definition) is 3. The molecule has 0 saturated carbocycles. The van der Waals surface area contributed by atoms with Gasteiger partial charge in [-0.1, -0.05) is 30.8 Å². The van der Waals surface area contributed by atoms with E-state index >= 15 is 0 Å². The van der Waals surface area contributed by atoms with Gasteiger partial charge in [0, 0.05) is 0 Å². The van der Waals surface area contributed by atoms with Crippen LogP contribution in [0.3, 0.4) is 0 Å². The van der Waals surface area contributed by atoms with Crippen molar-refractivity contribution in [3.8, 4) is 0 Å². The maximum absolute atomic E-state index is 11.7. The summed E-state index contributed by atoms with van der Waals surface area (Å²) in [7, 11) is 0. The highest BCUT2D eigenvalue weighted by atomic mass is 16.5. The molecular formula is C16H18O8. The Labute approximate surface area is 137 Å². The summed E-state index contributed by atoms with van der Waals surface area (Å²) in [4.78, 5) is 33.2. The predicted octanol–water partition coefficient (Wildman–Crippen LogP) is 1.07. The highest BCUT2D eigenvalue weighted by Crippen LogP contribution is 2.17. The minimum atomic E-state index is -2.70. The number of carboxylic acid groups (broad SMARTS) is 2. The molecular weight excluding hydrogens is 320 g/mol. The molecule has 1 unspecified atom stereocenters. The molecule has 0 spiro atoms. The van der Waals surface area contributed by atoms with Gasteiger partial charge in [0.1, 0.15) is 13.2 Å². The molecule has 0 heterocycles. The van der Waals surface area contributed by atoms with Gasteiger partial charge in [-0.2, -0.15) is 0 Å². The van der Waals surface area contributed by atoms with Gasteiger partial charge < -0.3 is 24.8 Å². The molecule has 24 heavy (non-hydrogen) atoms. The van der Waals surface area contributed by atoms with E-state index in [0.29, 0.717) is 12.2 Å². The molecule has 3 N–H and O–H groups in total. The minimum Gasteiger partial charge on any atom is -0.497 e. The molecule has 8 heteroatoms. The molecule has 1 aromatic rings. The SMILES string of the molecule is C=COCc1ccc(COC(=O)CC(O)(CC(=O)O)C(=O)O)cc1. The highest BCUT2D eigenvalue weighted by Gasteiger charge is 2.41. The zero-order chi connectivity index (χ0) is 18.2. The summed E-state index contributed by atoms with van der Waals surface area (Å²) in [6, 6.07) is 6.89. The van der Waals surface area contributed by atoms with Gasteiger partial charge in [0.2, 0.25) is 0 Å². The van der Waals surface area contributed by atoms with Crippen LogP contribution in [-0.2, 0) is 37.1 Å². The first-order valence-corrected chi connectivity index (χ1v) is 6.90. The second-order valence-electron chi connectivity index (χ2n) is 5.04. The Kier molecular flexibility index (Phi) is 6.94. The fourth-order valence-electron chi connectivity index (χ4n) is 1.80. The zero-order valence-electron chi connectivity index (χ0n) is 12.8. The summed E-state index contributed by atoms with van der Waals surface area (Å²) in [5, 5.41) is 27.2. The van der Waals surface area contributed by atoms with Gasteiger partial charge in [0.05, 0.1) is 19.1 Å². The molecule has 1 rings (SSSR count). The molecule has 0 aliphatic rings. The van der Waals surface area contributed by atoms with E-state index in [1.807, 2.05) is 0 Å². The largest absolute Gasteiger partial charge is 0.497 e. The fraction of sp³-hybridized carbons (Fsp3) is 0.312. The Morgan fingerprint density at radius 2 is 1.58 bits per heavy atom. The van der Waals surface area contributed by atoms with E-state index in [4.69, 9.17) is 19.7 Å². The summed E-state index contributed by atoms with van der Waals surface area (Å²) < 4.78 is 9.89. The van der Waals surface area contributed by atoms with Crippen LogP contribution < -0.4 is 0 Å². The summed E-state index contributed by atoms with van der Waals surface area (Å²) in [5.41, 5.74) is -1.18. The number of rotatable bonds is 10. The summed E-state index contributed by atoms with van der Waals surface area (Å²) in [6.07, 6.45) is -0.744. The standard InChI is InChI=1S/C16H18O8/c1-2-23-9-11-3-5-12(6-4-11)10-24-14(19)8-16(22,15(20)21)7-13(17)18/h2-6,22H,1,7-10H2,(H,17,18)(H,20,21). The van der Waals surface area contributed by atoms with Crippen LogP contribution in [0.15, 0.2) is 37.1 Å². The third-order valence-electron chi connectivity index (χ3n) is 3.07. The first kappa shape index (κ1) is 19.2. The van der Waals surface area contributed by atoms with Gasteiger partial charge in [-0.15, -0.1) is 0 Å². The lowest BCUT2D eigenvalue weighted by Gasteiger charge is -2.20. The van der Waals surface area contributed by atoms with Crippen LogP contribution in [-0.4, -0.2) is 38.8 Å². The van der Waals surface area contributed by atoms with Crippen molar-refractivity contribution in [1.29, 1.82) is 0 Å². The van der Waals surface area contributed by atoms with Crippen molar-refractivity contribution >= 4 is 17.9 Å². The van der Waals surface area contributed by atoms with Crippen molar-refractivity contribution in [2.24, 2.45) is 0 Å². The van der Waals surface area contributed by atoms with Crippen molar-refractivity contribution in [2.45, 2.75) is 31.7 Å². The van der Waals surface area contributed by atoms with Crippen LogP contribution in [0.4, 0.5) is 0 Å². The molecule has 0 radical (unpaired) electrons. The van der Waals surface area contributed by atoms with E-state index in [9.17, 15) is 19.5 Å².